The summed E-state index contributed by atoms with van der Waals surface area (Å²) in [5.41, 5.74) is 0. The molecule has 1 N–H and O–H groups in total. The molecular formula is C19H39NaO4S. The van der Waals surface area contributed by atoms with Gasteiger partial charge >= 0.3 is 29.6 Å². The molecule has 0 saturated heterocycles. The van der Waals surface area contributed by atoms with Crippen LogP contribution in [0.1, 0.15) is 110 Å². The van der Waals surface area contributed by atoms with Gasteiger partial charge in [0.05, 0.1) is 10.1 Å². The largest absolute Gasteiger partial charge is 1.00 e. The van der Waals surface area contributed by atoms with Crippen molar-refractivity contribution in [2.75, 3.05) is 6.61 Å². The summed E-state index contributed by atoms with van der Waals surface area (Å²) in [6.45, 7) is 2.25. The Morgan fingerprint density at radius 3 is 1.40 bits per heavy atom. The normalized spacial score (nSPS) is 12.8. The fourth-order valence-electron chi connectivity index (χ4n) is 3.18. The van der Waals surface area contributed by atoms with Gasteiger partial charge in [-0.15, -0.1) is 0 Å². The molecule has 0 heterocycles. The molecular weight excluding hydrogens is 347 g/mol. The minimum absolute atomic E-state index is 0. The van der Waals surface area contributed by atoms with E-state index in [1.165, 1.54) is 51.4 Å². The fraction of sp³-hybridized carbons (Fsp3) is 1.00. The monoisotopic (exact) mass is 386 g/mol. The molecule has 0 radical (unpaired) electrons. The van der Waals surface area contributed by atoms with Crippen LogP contribution in [-0.4, -0.2) is 29.9 Å². The Hall–Kier alpha value is 0.870. The van der Waals surface area contributed by atoms with Crippen LogP contribution in [0.3, 0.4) is 0 Å². The topological polar surface area (TPSA) is 77.4 Å². The average Bonchev–Trinajstić information content (AvgIpc) is 2.53. The van der Waals surface area contributed by atoms with Crippen LogP contribution in [0.2, 0.25) is 0 Å². The minimum Gasteiger partial charge on any atom is -0.748 e. The molecule has 0 spiro atoms. The zero-order valence-electron chi connectivity index (χ0n) is 16.7. The third kappa shape index (κ3) is 19.4. The molecule has 0 fully saturated rings. The second-order valence-corrected chi connectivity index (χ2v) is 8.66. The zero-order valence-corrected chi connectivity index (χ0v) is 19.5. The molecule has 0 amide bonds. The molecule has 0 aromatic heterocycles. The van der Waals surface area contributed by atoms with Crippen LogP contribution >= 0.6 is 0 Å². The second-order valence-electron chi connectivity index (χ2n) is 7.01. The van der Waals surface area contributed by atoms with Crippen LogP contribution in [0.15, 0.2) is 0 Å². The third-order valence-corrected chi connectivity index (χ3v) is 5.99. The fourth-order valence-corrected chi connectivity index (χ4v) is 4.16. The maximum absolute atomic E-state index is 11.1. The molecule has 0 bridgehead atoms. The van der Waals surface area contributed by atoms with Crippen molar-refractivity contribution in [1.29, 1.82) is 0 Å². The van der Waals surface area contributed by atoms with Crippen LogP contribution in [-0.2, 0) is 10.1 Å². The Kier molecular flexibility index (Phi) is 22.0. The molecule has 0 aliphatic carbocycles. The molecule has 0 aromatic rings. The van der Waals surface area contributed by atoms with Crippen LogP contribution in [0, 0.1) is 0 Å². The quantitative estimate of drug-likeness (QED) is 0.222. The van der Waals surface area contributed by atoms with Crippen molar-refractivity contribution in [2.24, 2.45) is 0 Å². The van der Waals surface area contributed by atoms with Crippen molar-refractivity contribution in [1.82, 2.24) is 0 Å². The summed E-state index contributed by atoms with van der Waals surface area (Å²) >= 11 is 0. The van der Waals surface area contributed by atoms with Gasteiger partial charge in [-0.25, -0.2) is 8.42 Å². The maximum Gasteiger partial charge on any atom is 1.00 e. The summed E-state index contributed by atoms with van der Waals surface area (Å²) < 4.78 is 33.4. The molecule has 0 rings (SSSR count). The molecule has 0 aliphatic rings. The minimum atomic E-state index is -4.11. The van der Waals surface area contributed by atoms with Crippen molar-refractivity contribution in [3.05, 3.63) is 0 Å². The van der Waals surface area contributed by atoms with E-state index in [-0.39, 0.29) is 29.6 Å². The van der Waals surface area contributed by atoms with E-state index in [1.807, 2.05) is 6.92 Å². The van der Waals surface area contributed by atoms with E-state index in [2.05, 4.69) is 0 Å². The summed E-state index contributed by atoms with van der Waals surface area (Å²) in [4.78, 5) is 0. The predicted octanol–water partition coefficient (Wildman–Crippen LogP) is 2.16. The summed E-state index contributed by atoms with van der Waals surface area (Å²) in [6, 6.07) is 0. The van der Waals surface area contributed by atoms with Crippen molar-refractivity contribution >= 4 is 10.1 Å². The first-order chi connectivity index (χ1) is 11.5. The van der Waals surface area contributed by atoms with Gasteiger partial charge < -0.3 is 9.66 Å². The Bertz CT molecular complexity index is 360. The van der Waals surface area contributed by atoms with Gasteiger partial charge in [-0.05, 0) is 19.3 Å². The van der Waals surface area contributed by atoms with E-state index < -0.39 is 15.4 Å². The van der Waals surface area contributed by atoms with E-state index in [4.69, 9.17) is 5.11 Å². The van der Waals surface area contributed by atoms with E-state index in [9.17, 15) is 13.0 Å². The van der Waals surface area contributed by atoms with Crippen LogP contribution < -0.4 is 29.6 Å². The van der Waals surface area contributed by atoms with E-state index in [0.717, 1.165) is 38.5 Å². The van der Waals surface area contributed by atoms with Crippen molar-refractivity contribution in [3.8, 4) is 0 Å². The summed E-state index contributed by atoms with van der Waals surface area (Å²) in [7, 11) is -4.11. The summed E-state index contributed by atoms with van der Waals surface area (Å²) in [6.07, 6.45) is 17.2. The first-order valence-corrected chi connectivity index (χ1v) is 11.5. The molecule has 1 atom stereocenters. The van der Waals surface area contributed by atoms with Gasteiger partial charge in [-0.1, -0.05) is 90.4 Å². The Morgan fingerprint density at radius 1 is 0.720 bits per heavy atom. The Labute approximate surface area is 178 Å². The van der Waals surface area contributed by atoms with Gasteiger partial charge in [-0.2, -0.15) is 0 Å². The third-order valence-electron chi connectivity index (χ3n) is 4.70. The average molecular weight is 387 g/mol. The SMILES string of the molecule is CCCC(CCCCCCCCCCCCCCCO)S(=O)(=O)[O-].[Na+]. The Morgan fingerprint density at radius 2 is 1.08 bits per heavy atom. The van der Waals surface area contributed by atoms with Crippen LogP contribution in [0.25, 0.3) is 0 Å². The van der Waals surface area contributed by atoms with E-state index >= 15 is 0 Å². The van der Waals surface area contributed by atoms with Gasteiger partial charge in [0.15, 0.2) is 0 Å². The Balaban J connectivity index is 0. The van der Waals surface area contributed by atoms with Crippen molar-refractivity contribution in [2.45, 2.75) is 115 Å². The van der Waals surface area contributed by atoms with E-state index in [1.54, 1.807) is 0 Å². The molecule has 4 nitrogen and oxygen atoms in total. The number of hydrogen-bond donors (Lipinski definition) is 1. The van der Waals surface area contributed by atoms with Gasteiger partial charge in [-0.3, -0.25) is 0 Å². The second kappa shape index (κ2) is 19.6. The summed E-state index contributed by atoms with van der Waals surface area (Å²) in [5.74, 6) is 0. The molecule has 0 aromatic carbocycles. The molecule has 0 saturated carbocycles. The number of unbranched alkanes of at least 4 members (excludes halogenated alkanes) is 12. The van der Waals surface area contributed by atoms with E-state index in [0.29, 0.717) is 19.4 Å². The molecule has 146 valence electrons. The van der Waals surface area contributed by atoms with Crippen molar-refractivity contribution in [3.63, 3.8) is 0 Å². The molecule has 1 unspecified atom stereocenters. The molecule has 25 heavy (non-hydrogen) atoms. The number of hydrogen-bond acceptors (Lipinski definition) is 4. The number of rotatable bonds is 18. The maximum atomic E-state index is 11.1. The molecule has 0 aliphatic heterocycles. The molecule has 6 heteroatoms. The first-order valence-electron chi connectivity index (χ1n) is 10.1. The predicted molar refractivity (Wildman–Crippen MR) is 100 cm³/mol. The number of aliphatic hydroxyl groups excluding tert-OH is 1. The summed E-state index contributed by atoms with van der Waals surface area (Å²) in [5, 5.41) is 8.02. The smallest absolute Gasteiger partial charge is 0.748 e. The van der Waals surface area contributed by atoms with Crippen LogP contribution in [0.5, 0.6) is 0 Å². The van der Waals surface area contributed by atoms with Crippen LogP contribution in [0.4, 0.5) is 0 Å². The zero-order chi connectivity index (χ0) is 18.1. The van der Waals surface area contributed by atoms with Gasteiger partial charge in [0.2, 0.25) is 0 Å². The first kappa shape index (κ1) is 28.1. The van der Waals surface area contributed by atoms with Gasteiger partial charge in [0.25, 0.3) is 0 Å². The standard InChI is InChI=1S/C19H40O4S.Na/c1-2-16-19(24(21,22)23)17-14-12-10-8-6-4-3-5-7-9-11-13-15-18-20;/h19-20H,2-18H2,1H3,(H,21,22,23);/q;+1/p-1. The van der Waals surface area contributed by atoms with Gasteiger partial charge in [0.1, 0.15) is 0 Å². The van der Waals surface area contributed by atoms with Gasteiger partial charge in [0, 0.05) is 11.9 Å². The van der Waals surface area contributed by atoms with Crippen molar-refractivity contribution < 1.29 is 47.6 Å². The number of aliphatic hydroxyl groups is 1.